The molecule has 3 heteroatoms. The van der Waals surface area contributed by atoms with Gasteiger partial charge in [-0.15, -0.1) is 0 Å². The highest BCUT2D eigenvalue weighted by molar-refractivity contribution is 5.82. The molecule has 0 aromatic carbocycles. The molecule has 0 aromatic heterocycles. The standard InChI is InChI=1S/C12H22N2O/c1-3-4-5-8-14-12(15)11-10(2)7-6-9-13-11/h3-4,10-11,13H,5-9H2,1-2H3,(H,14,15)/b4-3+. The Bertz CT molecular complexity index is 226. The van der Waals surface area contributed by atoms with Crippen molar-refractivity contribution < 1.29 is 4.79 Å². The van der Waals surface area contributed by atoms with E-state index in [-0.39, 0.29) is 11.9 Å². The predicted molar refractivity (Wildman–Crippen MR) is 62.6 cm³/mol. The van der Waals surface area contributed by atoms with Crippen LogP contribution in [0.15, 0.2) is 12.2 Å². The first-order valence-corrected chi connectivity index (χ1v) is 5.88. The Morgan fingerprint density at radius 2 is 2.40 bits per heavy atom. The fourth-order valence-corrected chi connectivity index (χ4v) is 1.96. The Hall–Kier alpha value is -0.830. The van der Waals surface area contributed by atoms with E-state index in [4.69, 9.17) is 0 Å². The molecule has 0 aromatic rings. The maximum absolute atomic E-state index is 11.8. The topological polar surface area (TPSA) is 41.1 Å². The zero-order chi connectivity index (χ0) is 11.1. The van der Waals surface area contributed by atoms with Crippen molar-refractivity contribution in [3.63, 3.8) is 0 Å². The molecule has 2 unspecified atom stereocenters. The molecule has 0 radical (unpaired) electrons. The predicted octanol–water partition coefficient (Wildman–Crippen LogP) is 1.46. The van der Waals surface area contributed by atoms with Gasteiger partial charge in [-0.2, -0.15) is 0 Å². The van der Waals surface area contributed by atoms with Crippen LogP contribution in [0.3, 0.4) is 0 Å². The van der Waals surface area contributed by atoms with Crippen LogP contribution in [0.1, 0.15) is 33.1 Å². The third-order valence-corrected chi connectivity index (χ3v) is 2.90. The molecule has 2 atom stereocenters. The Kier molecular flexibility index (Phi) is 5.40. The quantitative estimate of drug-likeness (QED) is 0.545. The lowest BCUT2D eigenvalue weighted by Crippen LogP contribution is -2.50. The fourth-order valence-electron chi connectivity index (χ4n) is 1.96. The summed E-state index contributed by atoms with van der Waals surface area (Å²) in [6, 6.07) is 0.0179. The van der Waals surface area contributed by atoms with Crippen LogP contribution in [0.4, 0.5) is 0 Å². The smallest absolute Gasteiger partial charge is 0.237 e. The third kappa shape index (κ3) is 4.04. The van der Waals surface area contributed by atoms with Crippen LogP contribution >= 0.6 is 0 Å². The van der Waals surface area contributed by atoms with Crippen molar-refractivity contribution in [3.8, 4) is 0 Å². The molecule has 0 saturated carbocycles. The minimum Gasteiger partial charge on any atom is -0.354 e. The number of carbonyl (C=O) groups is 1. The van der Waals surface area contributed by atoms with E-state index in [1.54, 1.807) is 0 Å². The second-order valence-corrected chi connectivity index (χ2v) is 4.20. The summed E-state index contributed by atoms with van der Waals surface area (Å²) in [5.41, 5.74) is 0. The van der Waals surface area contributed by atoms with Crippen molar-refractivity contribution in [1.82, 2.24) is 10.6 Å². The number of piperidine rings is 1. The number of rotatable bonds is 4. The molecule has 1 saturated heterocycles. The van der Waals surface area contributed by atoms with Crippen molar-refractivity contribution in [2.24, 2.45) is 5.92 Å². The summed E-state index contributed by atoms with van der Waals surface area (Å²) in [6.07, 6.45) is 7.33. The van der Waals surface area contributed by atoms with Gasteiger partial charge < -0.3 is 10.6 Å². The first-order chi connectivity index (χ1) is 7.25. The van der Waals surface area contributed by atoms with Crippen LogP contribution in [0.25, 0.3) is 0 Å². The molecule has 1 rings (SSSR count). The van der Waals surface area contributed by atoms with Crippen LogP contribution < -0.4 is 10.6 Å². The van der Waals surface area contributed by atoms with E-state index in [9.17, 15) is 4.79 Å². The molecule has 1 aliphatic rings. The number of nitrogens with one attached hydrogen (secondary N) is 2. The molecule has 86 valence electrons. The molecule has 1 fully saturated rings. The van der Waals surface area contributed by atoms with Crippen LogP contribution in [0.5, 0.6) is 0 Å². The van der Waals surface area contributed by atoms with Crippen molar-refractivity contribution in [2.45, 2.75) is 39.2 Å². The van der Waals surface area contributed by atoms with Gasteiger partial charge in [0, 0.05) is 6.54 Å². The third-order valence-electron chi connectivity index (χ3n) is 2.90. The van der Waals surface area contributed by atoms with Gasteiger partial charge in [0.05, 0.1) is 6.04 Å². The highest BCUT2D eigenvalue weighted by Gasteiger charge is 2.26. The number of allylic oxidation sites excluding steroid dienone is 1. The van der Waals surface area contributed by atoms with Crippen LogP contribution in [-0.4, -0.2) is 25.0 Å². The molecule has 3 nitrogen and oxygen atoms in total. The molecule has 15 heavy (non-hydrogen) atoms. The zero-order valence-electron chi connectivity index (χ0n) is 9.75. The zero-order valence-corrected chi connectivity index (χ0v) is 9.75. The summed E-state index contributed by atoms with van der Waals surface area (Å²) in [4.78, 5) is 11.8. The molecule has 1 amide bonds. The lowest BCUT2D eigenvalue weighted by molar-refractivity contribution is -0.124. The number of carbonyl (C=O) groups excluding carboxylic acids is 1. The van der Waals surface area contributed by atoms with Crippen LogP contribution in [-0.2, 0) is 4.79 Å². The van der Waals surface area contributed by atoms with E-state index in [1.807, 2.05) is 13.0 Å². The SMILES string of the molecule is C/C=C/CCNC(=O)C1NCCCC1C. The molecule has 1 aliphatic heterocycles. The van der Waals surface area contributed by atoms with E-state index >= 15 is 0 Å². The second-order valence-electron chi connectivity index (χ2n) is 4.20. The van der Waals surface area contributed by atoms with Crippen LogP contribution in [0, 0.1) is 5.92 Å². The Morgan fingerprint density at radius 1 is 1.60 bits per heavy atom. The molecular formula is C12H22N2O. The first kappa shape index (κ1) is 12.2. The Labute approximate surface area is 92.3 Å². The molecule has 0 spiro atoms. The molecule has 0 bridgehead atoms. The minimum atomic E-state index is 0.0179. The van der Waals surface area contributed by atoms with E-state index < -0.39 is 0 Å². The maximum atomic E-state index is 11.8. The Balaban J connectivity index is 2.25. The number of hydrogen-bond acceptors (Lipinski definition) is 2. The normalized spacial score (nSPS) is 26.8. The highest BCUT2D eigenvalue weighted by Crippen LogP contribution is 2.15. The highest BCUT2D eigenvalue weighted by atomic mass is 16.2. The maximum Gasteiger partial charge on any atom is 0.237 e. The second kappa shape index (κ2) is 6.62. The first-order valence-electron chi connectivity index (χ1n) is 5.88. The van der Waals surface area contributed by atoms with E-state index in [1.165, 1.54) is 6.42 Å². The summed E-state index contributed by atoms with van der Waals surface area (Å²) in [5, 5.41) is 6.24. The number of amides is 1. The van der Waals surface area contributed by atoms with Crippen molar-refractivity contribution in [1.29, 1.82) is 0 Å². The van der Waals surface area contributed by atoms with E-state index in [0.29, 0.717) is 5.92 Å². The van der Waals surface area contributed by atoms with Gasteiger partial charge >= 0.3 is 0 Å². The van der Waals surface area contributed by atoms with E-state index in [0.717, 1.165) is 25.9 Å². The van der Waals surface area contributed by atoms with Gasteiger partial charge in [-0.05, 0) is 38.6 Å². The van der Waals surface area contributed by atoms with Crippen molar-refractivity contribution >= 4 is 5.91 Å². The average molecular weight is 210 g/mol. The van der Waals surface area contributed by atoms with Crippen molar-refractivity contribution in [3.05, 3.63) is 12.2 Å². The summed E-state index contributed by atoms with van der Waals surface area (Å²) in [6.45, 7) is 5.85. The Morgan fingerprint density at radius 3 is 3.07 bits per heavy atom. The van der Waals surface area contributed by atoms with Gasteiger partial charge in [-0.3, -0.25) is 4.79 Å². The number of hydrogen-bond donors (Lipinski definition) is 2. The largest absolute Gasteiger partial charge is 0.354 e. The summed E-state index contributed by atoms with van der Waals surface area (Å²) in [5.74, 6) is 0.618. The summed E-state index contributed by atoms with van der Waals surface area (Å²) >= 11 is 0. The van der Waals surface area contributed by atoms with Gasteiger partial charge in [-0.25, -0.2) is 0 Å². The minimum absolute atomic E-state index is 0.0179. The van der Waals surface area contributed by atoms with Crippen molar-refractivity contribution in [2.75, 3.05) is 13.1 Å². The van der Waals surface area contributed by atoms with Gasteiger partial charge in [0.15, 0.2) is 0 Å². The molecule has 2 N–H and O–H groups in total. The molecule has 0 aliphatic carbocycles. The van der Waals surface area contributed by atoms with E-state index in [2.05, 4.69) is 23.6 Å². The lowest BCUT2D eigenvalue weighted by Gasteiger charge is -2.28. The summed E-state index contributed by atoms with van der Waals surface area (Å²) in [7, 11) is 0. The molecule has 1 heterocycles. The van der Waals surface area contributed by atoms with Crippen LogP contribution in [0.2, 0.25) is 0 Å². The molecular weight excluding hydrogens is 188 g/mol. The van der Waals surface area contributed by atoms with Gasteiger partial charge in [0.25, 0.3) is 0 Å². The van der Waals surface area contributed by atoms with Gasteiger partial charge in [0.1, 0.15) is 0 Å². The average Bonchev–Trinajstić information content (AvgIpc) is 2.25. The monoisotopic (exact) mass is 210 g/mol. The van der Waals surface area contributed by atoms with Gasteiger partial charge in [0.2, 0.25) is 5.91 Å². The summed E-state index contributed by atoms with van der Waals surface area (Å²) < 4.78 is 0. The fraction of sp³-hybridized carbons (Fsp3) is 0.750. The lowest BCUT2D eigenvalue weighted by atomic mass is 9.92. The van der Waals surface area contributed by atoms with Gasteiger partial charge in [-0.1, -0.05) is 19.1 Å².